The van der Waals surface area contributed by atoms with Crippen LogP contribution >= 0.6 is 18.5 Å². The molecule has 0 aromatic rings. The average molecular weight is 177 g/mol. The highest BCUT2D eigenvalue weighted by Crippen LogP contribution is 2.18. The van der Waals surface area contributed by atoms with Gasteiger partial charge in [-0.25, -0.2) is 0 Å². The molecule has 0 saturated carbocycles. The van der Waals surface area contributed by atoms with Gasteiger partial charge in [-0.2, -0.15) is 0 Å². The molecule has 4 heteroatoms. The summed E-state index contributed by atoms with van der Waals surface area (Å²) >= 11 is 0. The summed E-state index contributed by atoms with van der Waals surface area (Å²) in [5, 5.41) is 0. The van der Waals surface area contributed by atoms with E-state index in [2.05, 4.69) is 18.5 Å². The van der Waals surface area contributed by atoms with E-state index in [-0.39, 0.29) is 0 Å². The lowest BCUT2D eigenvalue weighted by atomic mass is 10.4. The van der Waals surface area contributed by atoms with Crippen LogP contribution < -0.4 is 0 Å². The summed E-state index contributed by atoms with van der Waals surface area (Å²) in [7, 11) is 5.34. The van der Waals surface area contributed by atoms with Crippen LogP contribution in [0.3, 0.4) is 0 Å². The van der Waals surface area contributed by atoms with Gasteiger partial charge in [0.15, 0.2) is 0 Å². The largest absolute Gasteiger partial charge is 0.336 e. The van der Waals surface area contributed by atoms with Gasteiger partial charge >= 0.3 is 0 Å². The van der Waals surface area contributed by atoms with Gasteiger partial charge in [0.05, 0.1) is 0 Å². The molecular weight excluding hydrogens is 164 g/mol. The van der Waals surface area contributed by atoms with Crippen molar-refractivity contribution in [2.24, 2.45) is 0 Å². The van der Waals surface area contributed by atoms with Crippen LogP contribution in [0, 0.1) is 0 Å². The number of likely N-dealkylation sites (tertiary alicyclic amines) is 1. The van der Waals surface area contributed by atoms with E-state index in [9.17, 15) is 4.79 Å². The maximum Gasteiger partial charge on any atom is 0.223 e. The third kappa shape index (κ3) is 1.68. The Balaban J connectivity index is 2.46. The van der Waals surface area contributed by atoms with Crippen LogP contribution in [0.1, 0.15) is 12.8 Å². The normalized spacial score (nSPS) is 21.8. The van der Waals surface area contributed by atoms with Crippen LogP contribution in [-0.2, 0) is 4.79 Å². The third-order valence-corrected chi connectivity index (χ3v) is 3.41. The fourth-order valence-electron chi connectivity index (χ4n) is 1.15. The van der Waals surface area contributed by atoms with E-state index >= 15 is 0 Å². The third-order valence-electron chi connectivity index (χ3n) is 1.75. The van der Waals surface area contributed by atoms with E-state index in [0.29, 0.717) is 11.7 Å². The molecule has 1 aliphatic rings. The fourth-order valence-corrected chi connectivity index (χ4v) is 1.72. The van der Waals surface area contributed by atoms with E-state index in [1.54, 1.807) is 0 Å². The lowest BCUT2D eigenvalue weighted by Crippen LogP contribution is -2.32. The molecule has 0 spiro atoms. The highest BCUT2D eigenvalue weighted by atomic mass is 31.0. The molecule has 58 valence electrons. The Kier molecular flexibility index (Phi) is 3.07. The quantitative estimate of drug-likeness (QED) is 0.568. The highest BCUT2D eigenvalue weighted by Gasteiger charge is 2.23. The molecule has 1 rings (SSSR count). The SMILES string of the molecule is O=C1CCCN1C(P)CP. The molecule has 0 aliphatic carbocycles. The monoisotopic (exact) mass is 177 g/mol. The number of carbonyl (C=O) groups is 1. The number of hydrogen-bond donors (Lipinski definition) is 0. The van der Waals surface area contributed by atoms with E-state index < -0.39 is 0 Å². The van der Waals surface area contributed by atoms with Crippen LogP contribution in [0.15, 0.2) is 0 Å². The van der Waals surface area contributed by atoms with Crippen molar-refractivity contribution in [2.75, 3.05) is 12.7 Å². The Morgan fingerprint density at radius 1 is 1.70 bits per heavy atom. The molecule has 1 aliphatic heterocycles. The summed E-state index contributed by atoms with van der Waals surface area (Å²) in [6, 6.07) is 0. The summed E-state index contributed by atoms with van der Waals surface area (Å²) in [4.78, 5) is 13.0. The smallest absolute Gasteiger partial charge is 0.223 e. The molecular formula is C6H13NOP2. The van der Waals surface area contributed by atoms with Gasteiger partial charge in [-0.05, 0) is 12.6 Å². The maximum atomic E-state index is 11.1. The average Bonchev–Trinajstić information content (AvgIpc) is 2.34. The second-order valence-electron chi connectivity index (χ2n) is 2.49. The van der Waals surface area contributed by atoms with E-state index in [4.69, 9.17) is 0 Å². The maximum absolute atomic E-state index is 11.1. The van der Waals surface area contributed by atoms with Crippen molar-refractivity contribution < 1.29 is 4.79 Å². The Bertz CT molecular complexity index is 140. The first-order valence-corrected chi connectivity index (χ1v) is 4.99. The summed E-state index contributed by atoms with van der Waals surface area (Å²) < 4.78 is 0. The van der Waals surface area contributed by atoms with Gasteiger partial charge in [-0.3, -0.25) is 4.79 Å². The Hall–Kier alpha value is 0.330. The molecule has 3 atom stereocenters. The number of nitrogens with zero attached hydrogens (tertiary/aromatic N) is 1. The number of carbonyl (C=O) groups excluding carboxylic acids is 1. The molecule has 0 bridgehead atoms. The molecule has 1 saturated heterocycles. The fraction of sp³-hybridized carbons (Fsp3) is 0.833. The Labute approximate surface area is 66.1 Å². The van der Waals surface area contributed by atoms with Gasteiger partial charge in [0.1, 0.15) is 0 Å². The van der Waals surface area contributed by atoms with Crippen LogP contribution in [-0.4, -0.2) is 29.3 Å². The van der Waals surface area contributed by atoms with Gasteiger partial charge in [-0.15, -0.1) is 18.5 Å². The van der Waals surface area contributed by atoms with E-state index in [1.807, 2.05) is 4.90 Å². The van der Waals surface area contributed by atoms with Crippen LogP contribution in [0.2, 0.25) is 0 Å². The van der Waals surface area contributed by atoms with Crippen molar-refractivity contribution in [1.29, 1.82) is 0 Å². The molecule has 1 amide bonds. The Morgan fingerprint density at radius 3 is 2.80 bits per heavy atom. The van der Waals surface area contributed by atoms with Crippen molar-refractivity contribution in [3.8, 4) is 0 Å². The summed E-state index contributed by atoms with van der Waals surface area (Å²) in [6.07, 6.45) is 2.74. The van der Waals surface area contributed by atoms with Crippen molar-refractivity contribution in [3.05, 3.63) is 0 Å². The standard InChI is InChI=1S/C6H13NOP2/c8-5-2-1-3-7(5)6(10)4-9/h6H,1-4,9-10H2. The molecule has 0 radical (unpaired) electrons. The van der Waals surface area contributed by atoms with Gasteiger partial charge in [0, 0.05) is 18.7 Å². The minimum atomic E-state index is 0.308. The molecule has 1 fully saturated rings. The van der Waals surface area contributed by atoms with E-state index in [0.717, 1.165) is 25.5 Å². The van der Waals surface area contributed by atoms with Gasteiger partial charge in [0.25, 0.3) is 0 Å². The van der Waals surface area contributed by atoms with Crippen LogP contribution in [0.25, 0.3) is 0 Å². The predicted molar refractivity (Wildman–Crippen MR) is 49.0 cm³/mol. The van der Waals surface area contributed by atoms with Gasteiger partial charge < -0.3 is 4.90 Å². The molecule has 3 unspecified atom stereocenters. The number of amides is 1. The van der Waals surface area contributed by atoms with E-state index in [1.165, 1.54) is 0 Å². The summed E-state index contributed by atoms with van der Waals surface area (Å²) in [6.45, 7) is 0.946. The number of rotatable bonds is 2. The lowest BCUT2D eigenvalue weighted by Gasteiger charge is -2.22. The first-order valence-electron chi connectivity index (χ1n) is 3.51. The van der Waals surface area contributed by atoms with Crippen molar-refractivity contribution in [1.82, 2.24) is 4.90 Å². The molecule has 1 heterocycles. The second-order valence-corrected chi connectivity index (χ2v) is 3.73. The topological polar surface area (TPSA) is 20.3 Å². The molecule has 2 nitrogen and oxygen atoms in total. The van der Waals surface area contributed by atoms with Crippen molar-refractivity contribution >= 4 is 24.4 Å². The molecule has 10 heavy (non-hydrogen) atoms. The molecule has 0 N–H and O–H groups in total. The van der Waals surface area contributed by atoms with Gasteiger partial charge in [0.2, 0.25) is 5.91 Å². The Morgan fingerprint density at radius 2 is 2.40 bits per heavy atom. The highest BCUT2D eigenvalue weighted by molar-refractivity contribution is 7.22. The second kappa shape index (κ2) is 3.64. The zero-order valence-electron chi connectivity index (χ0n) is 5.92. The first-order chi connectivity index (χ1) is 4.75. The van der Waals surface area contributed by atoms with Gasteiger partial charge in [-0.1, -0.05) is 0 Å². The first kappa shape index (κ1) is 8.43. The van der Waals surface area contributed by atoms with Crippen molar-refractivity contribution in [2.45, 2.75) is 18.6 Å². The minimum Gasteiger partial charge on any atom is -0.336 e. The minimum absolute atomic E-state index is 0.308. The van der Waals surface area contributed by atoms with Crippen LogP contribution in [0.5, 0.6) is 0 Å². The summed E-state index contributed by atoms with van der Waals surface area (Å²) in [5.41, 5.74) is 0. The molecule has 0 aromatic heterocycles. The summed E-state index contributed by atoms with van der Waals surface area (Å²) in [5.74, 6) is 0.641. The molecule has 0 aromatic carbocycles. The lowest BCUT2D eigenvalue weighted by molar-refractivity contribution is -0.127. The number of hydrogen-bond acceptors (Lipinski definition) is 1. The van der Waals surface area contributed by atoms with Crippen molar-refractivity contribution in [3.63, 3.8) is 0 Å². The zero-order chi connectivity index (χ0) is 7.56. The zero-order valence-corrected chi connectivity index (χ0v) is 8.23. The predicted octanol–water partition coefficient (Wildman–Crippen LogP) is 0.685. The van der Waals surface area contributed by atoms with Crippen LogP contribution in [0.4, 0.5) is 0 Å².